The Bertz CT molecular complexity index is 239. The summed E-state index contributed by atoms with van der Waals surface area (Å²) in [5.74, 6) is 0. The van der Waals surface area contributed by atoms with Gasteiger partial charge in [-0.1, -0.05) is 6.58 Å². The highest BCUT2D eigenvalue weighted by Crippen LogP contribution is 2.11. The molecular formula is C11H21NO2Si. The van der Waals surface area contributed by atoms with Gasteiger partial charge in [0, 0.05) is 13.1 Å². The minimum Gasteiger partial charge on any atom is -0.548 e. The molecule has 0 aromatic carbocycles. The van der Waals surface area contributed by atoms with Crippen LogP contribution in [0.5, 0.6) is 0 Å². The number of hydrogen-bond donors (Lipinski definition) is 0. The van der Waals surface area contributed by atoms with E-state index in [4.69, 9.17) is 9.16 Å². The maximum atomic E-state index is 5.76. The SMILES string of the molecule is C=CC(=CO[Si](C)(C)C)N1CCOCC1. The van der Waals surface area contributed by atoms with Gasteiger partial charge in [-0.25, -0.2) is 0 Å². The maximum absolute atomic E-state index is 5.76. The normalized spacial score (nSPS) is 18.9. The highest BCUT2D eigenvalue weighted by Gasteiger charge is 2.16. The van der Waals surface area contributed by atoms with Crippen LogP contribution in [-0.4, -0.2) is 39.5 Å². The summed E-state index contributed by atoms with van der Waals surface area (Å²) in [4.78, 5) is 2.25. The number of nitrogens with zero attached hydrogens (tertiary/aromatic N) is 1. The topological polar surface area (TPSA) is 21.7 Å². The largest absolute Gasteiger partial charge is 0.548 e. The van der Waals surface area contributed by atoms with Crippen molar-refractivity contribution in [3.05, 3.63) is 24.6 Å². The van der Waals surface area contributed by atoms with Gasteiger partial charge in [0.15, 0.2) is 0 Å². The van der Waals surface area contributed by atoms with Gasteiger partial charge in [0.05, 0.1) is 25.2 Å². The van der Waals surface area contributed by atoms with Crippen molar-refractivity contribution in [1.29, 1.82) is 0 Å². The van der Waals surface area contributed by atoms with Crippen LogP contribution in [0.3, 0.4) is 0 Å². The molecule has 3 nitrogen and oxygen atoms in total. The molecular weight excluding hydrogens is 206 g/mol. The molecule has 0 aromatic rings. The lowest BCUT2D eigenvalue weighted by molar-refractivity contribution is 0.0544. The second-order valence-corrected chi connectivity index (χ2v) is 9.04. The molecule has 0 N–H and O–H groups in total. The van der Waals surface area contributed by atoms with E-state index < -0.39 is 8.32 Å². The lowest BCUT2D eigenvalue weighted by Crippen LogP contribution is -2.35. The highest BCUT2D eigenvalue weighted by atomic mass is 28.4. The van der Waals surface area contributed by atoms with Crippen molar-refractivity contribution in [2.75, 3.05) is 26.3 Å². The van der Waals surface area contributed by atoms with Gasteiger partial charge in [-0.15, -0.1) is 0 Å². The van der Waals surface area contributed by atoms with Crippen LogP contribution in [0.1, 0.15) is 0 Å². The molecule has 0 radical (unpaired) electrons. The molecule has 0 atom stereocenters. The molecule has 15 heavy (non-hydrogen) atoms. The molecule has 0 bridgehead atoms. The fraction of sp³-hybridized carbons (Fsp3) is 0.636. The van der Waals surface area contributed by atoms with E-state index in [0.29, 0.717) is 0 Å². The number of hydrogen-bond acceptors (Lipinski definition) is 3. The molecule has 0 aliphatic carbocycles. The van der Waals surface area contributed by atoms with Gasteiger partial charge in [0.25, 0.3) is 0 Å². The summed E-state index contributed by atoms with van der Waals surface area (Å²) in [6, 6.07) is 0. The summed E-state index contributed by atoms with van der Waals surface area (Å²) < 4.78 is 11.1. The summed E-state index contributed by atoms with van der Waals surface area (Å²) >= 11 is 0. The number of rotatable bonds is 4. The number of ether oxygens (including phenoxy) is 1. The van der Waals surface area contributed by atoms with E-state index >= 15 is 0 Å². The van der Waals surface area contributed by atoms with Crippen molar-refractivity contribution in [3.8, 4) is 0 Å². The van der Waals surface area contributed by atoms with Crippen molar-refractivity contribution >= 4 is 8.32 Å². The Morgan fingerprint density at radius 2 is 1.93 bits per heavy atom. The van der Waals surface area contributed by atoms with Crippen molar-refractivity contribution < 1.29 is 9.16 Å². The summed E-state index contributed by atoms with van der Waals surface area (Å²) in [7, 11) is -1.48. The van der Waals surface area contributed by atoms with Gasteiger partial charge >= 0.3 is 0 Å². The first-order chi connectivity index (χ1) is 7.03. The van der Waals surface area contributed by atoms with Crippen LogP contribution in [0.15, 0.2) is 24.6 Å². The van der Waals surface area contributed by atoms with Gasteiger partial charge in [0.2, 0.25) is 8.32 Å². The summed E-state index contributed by atoms with van der Waals surface area (Å²) in [5.41, 5.74) is 1.07. The smallest absolute Gasteiger partial charge is 0.241 e. The van der Waals surface area contributed by atoms with Crippen molar-refractivity contribution in [3.63, 3.8) is 0 Å². The second kappa shape index (κ2) is 5.37. The average Bonchev–Trinajstić information content (AvgIpc) is 2.19. The van der Waals surface area contributed by atoms with Crippen molar-refractivity contribution in [1.82, 2.24) is 4.90 Å². The Morgan fingerprint density at radius 3 is 2.40 bits per heavy atom. The molecule has 4 heteroatoms. The Morgan fingerprint density at radius 1 is 1.33 bits per heavy atom. The molecule has 1 fully saturated rings. The van der Waals surface area contributed by atoms with E-state index in [0.717, 1.165) is 32.0 Å². The number of allylic oxidation sites excluding steroid dienone is 1. The molecule has 1 saturated heterocycles. The predicted molar refractivity (Wildman–Crippen MR) is 65.1 cm³/mol. The van der Waals surface area contributed by atoms with Crippen LogP contribution in [0, 0.1) is 0 Å². The first kappa shape index (κ1) is 12.3. The van der Waals surface area contributed by atoms with E-state index in [1.54, 1.807) is 0 Å². The molecule has 0 saturated carbocycles. The summed E-state index contributed by atoms with van der Waals surface area (Å²) in [6.07, 6.45) is 3.70. The minimum atomic E-state index is -1.48. The van der Waals surface area contributed by atoms with Gasteiger partial charge in [-0.05, 0) is 25.7 Å². The molecule has 0 amide bonds. The van der Waals surface area contributed by atoms with Crippen LogP contribution in [0.4, 0.5) is 0 Å². The first-order valence-corrected chi connectivity index (χ1v) is 8.77. The Kier molecular flexibility index (Phi) is 4.41. The zero-order valence-electron chi connectivity index (χ0n) is 9.95. The van der Waals surface area contributed by atoms with E-state index in [-0.39, 0.29) is 0 Å². The van der Waals surface area contributed by atoms with Crippen LogP contribution >= 0.6 is 0 Å². The third-order valence-electron chi connectivity index (χ3n) is 2.12. The zero-order valence-corrected chi connectivity index (χ0v) is 11.0. The summed E-state index contributed by atoms with van der Waals surface area (Å²) in [6.45, 7) is 13.8. The first-order valence-electron chi connectivity index (χ1n) is 5.36. The second-order valence-electron chi connectivity index (χ2n) is 4.58. The molecule has 1 heterocycles. The molecule has 86 valence electrons. The molecule has 1 aliphatic heterocycles. The quantitative estimate of drug-likeness (QED) is 0.417. The van der Waals surface area contributed by atoms with Crippen LogP contribution in [0.25, 0.3) is 0 Å². The van der Waals surface area contributed by atoms with Gasteiger partial charge in [-0.2, -0.15) is 0 Å². The third kappa shape index (κ3) is 4.53. The third-order valence-corrected chi connectivity index (χ3v) is 2.94. The van der Waals surface area contributed by atoms with E-state index in [1.807, 2.05) is 12.3 Å². The average molecular weight is 227 g/mol. The molecule has 0 spiro atoms. The number of morpholine rings is 1. The van der Waals surface area contributed by atoms with Gasteiger partial charge in [-0.3, -0.25) is 0 Å². The Hall–Kier alpha value is -0.743. The van der Waals surface area contributed by atoms with E-state index in [2.05, 4.69) is 31.1 Å². The predicted octanol–water partition coefficient (Wildman–Crippen LogP) is 2.20. The fourth-order valence-electron chi connectivity index (χ4n) is 1.31. The molecule has 0 unspecified atom stereocenters. The van der Waals surface area contributed by atoms with Crippen LogP contribution in [0.2, 0.25) is 19.6 Å². The van der Waals surface area contributed by atoms with E-state index in [1.165, 1.54) is 0 Å². The monoisotopic (exact) mass is 227 g/mol. The molecule has 0 aromatic heterocycles. The Labute approximate surface area is 93.5 Å². The lowest BCUT2D eigenvalue weighted by atomic mass is 10.3. The lowest BCUT2D eigenvalue weighted by Gasteiger charge is -2.30. The van der Waals surface area contributed by atoms with Crippen LogP contribution in [-0.2, 0) is 9.16 Å². The van der Waals surface area contributed by atoms with Crippen molar-refractivity contribution in [2.24, 2.45) is 0 Å². The standard InChI is InChI=1S/C11H21NO2Si/c1-5-11(10-14-15(2,3)4)12-6-8-13-9-7-12/h5,10H,1,6-9H2,2-4H3. The molecule has 1 rings (SSSR count). The van der Waals surface area contributed by atoms with Crippen molar-refractivity contribution in [2.45, 2.75) is 19.6 Å². The van der Waals surface area contributed by atoms with E-state index in [9.17, 15) is 0 Å². The minimum absolute atomic E-state index is 0.790. The Balaban J connectivity index is 2.57. The fourth-order valence-corrected chi connectivity index (χ4v) is 1.78. The maximum Gasteiger partial charge on any atom is 0.241 e. The molecule has 1 aliphatic rings. The zero-order chi connectivity index (χ0) is 11.3. The summed E-state index contributed by atoms with van der Waals surface area (Å²) in [5, 5.41) is 0. The highest BCUT2D eigenvalue weighted by molar-refractivity contribution is 6.69. The van der Waals surface area contributed by atoms with Gasteiger partial charge in [0.1, 0.15) is 0 Å². The van der Waals surface area contributed by atoms with Gasteiger partial charge < -0.3 is 14.1 Å². The van der Waals surface area contributed by atoms with Crippen LogP contribution < -0.4 is 0 Å².